The molecule has 1 N–H and O–H groups in total. The van der Waals surface area contributed by atoms with E-state index in [0.717, 1.165) is 6.07 Å². The molecule has 0 atom stereocenters. The van der Waals surface area contributed by atoms with Crippen LogP contribution in [0.1, 0.15) is 0 Å². The minimum Gasteiger partial charge on any atom is -0.259 e. The lowest BCUT2D eigenvalue weighted by Gasteiger charge is -1.96. The van der Waals surface area contributed by atoms with Crippen molar-refractivity contribution in [2.45, 2.75) is 0 Å². The second-order valence-electron chi connectivity index (χ2n) is 3.80. The fourth-order valence-electron chi connectivity index (χ4n) is 1.63. The summed E-state index contributed by atoms with van der Waals surface area (Å²) in [4.78, 5) is 4.17. The summed E-state index contributed by atoms with van der Waals surface area (Å²) in [6, 6.07) is 4.83. The second kappa shape index (κ2) is 4.52. The lowest BCUT2D eigenvalue weighted by molar-refractivity contribution is 0.584. The summed E-state index contributed by atoms with van der Waals surface area (Å²) in [6.45, 7) is 0. The van der Waals surface area contributed by atoms with Crippen LogP contribution in [0.4, 0.5) is 8.78 Å². The Labute approximate surface area is 106 Å². The maximum atomic E-state index is 13.1. The van der Waals surface area contributed by atoms with Crippen molar-refractivity contribution in [3.05, 3.63) is 48.3 Å². The number of nitrogens with one attached hydrogen (secondary N) is 1. The molecule has 0 saturated carbocycles. The van der Waals surface area contributed by atoms with Crippen molar-refractivity contribution in [3.8, 4) is 22.8 Å². The molecular formula is C12H7F2N5. The highest BCUT2D eigenvalue weighted by Crippen LogP contribution is 2.20. The molecule has 2 heterocycles. The topological polar surface area (TPSA) is 67.3 Å². The first-order chi connectivity index (χ1) is 9.22. The standard InChI is InChI=1S/C12H7F2N5/c13-9-3-8(4-10(14)5-9)12-17-11(18-19-12)7-1-2-15-16-6-7/h1-6H,(H,17,18,19). The lowest BCUT2D eigenvalue weighted by Crippen LogP contribution is -1.86. The summed E-state index contributed by atoms with van der Waals surface area (Å²) in [5.41, 5.74) is 0.952. The normalized spacial score (nSPS) is 10.6. The second-order valence-corrected chi connectivity index (χ2v) is 3.80. The molecule has 0 unspecified atom stereocenters. The van der Waals surface area contributed by atoms with Gasteiger partial charge >= 0.3 is 0 Å². The van der Waals surface area contributed by atoms with Crippen molar-refractivity contribution < 1.29 is 8.78 Å². The summed E-state index contributed by atoms with van der Waals surface area (Å²) in [6.07, 6.45) is 3.02. The van der Waals surface area contributed by atoms with Gasteiger partial charge in [-0.25, -0.2) is 13.8 Å². The lowest BCUT2D eigenvalue weighted by atomic mass is 10.2. The van der Waals surface area contributed by atoms with Gasteiger partial charge in [-0.15, -0.1) is 0 Å². The molecule has 3 aromatic rings. The number of aromatic nitrogens is 5. The van der Waals surface area contributed by atoms with Crippen LogP contribution in [0, 0.1) is 11.6 Å². The van der Waals surface area contributed by atoms with Gasteiger partial charge in [0, 0.05) is 17.2 Å². The summed E-state index contributed by atoms with van der Waals surface area (Å²) in [5, 5.41) is 14.0. The van der Waals surface area contributed by atoms with Gasteiger partial charge in [0.05, 0.1) is 12.4 Å². The van der Waals surface area contributed by atoms with E-state index >= 15 is 0 Å². The highest BCUT2D eigenvalue weighted by Gasteiger charge is 2.10. The van der Waals surface area contributed by atoms with Crippen molar-refractivity contribution in [1.29, 1.82) is 0 Å². The maximum absolute atomic E-state index is 13.1. The van der Waals surface area contributed by atoms with Crippen LogP contribution in [0.25, 0.3) is 22.8 Å². The summed E-state index contributed by atoms with van der Waals surface area (Å²) in [7, 11) is 0. The first-order valence-electron chi connectivity index (χ1n) is 5.38. The van der Waals surface area contributed by atoms with Crippen molar-refractivity contribution in [2.24, 2.45) is 0 Å². The Morgan fingerprint density at radius 2 is 1.74 bits per heavy atom. The number of H-pyrrole nitrogens is 1. The van der Waals surface area contributed by atoms with Crippen molar-refractivity contribution in [2.75, 3.05) is 0 Å². The molecule has 94 valence electrons. The minimum atomic E-state index is -0.674. The zero-order chi connectivity index (χ0) is 13.2. The molecule has 0 aliphatic carbocycles. The monoisotopic (exact) mass is 259 g/mol. The molecule has 0 aliphatic rings. The number of benzene rings is 1. The Morgan fingerprint density at radius 1 is 0.947 bits per heavy atom. The molecule has 3 rings (SSSR count). The quantitative estimate of drug-likeness (QED) is 0.766. The van der Waals surface area contributed by atoms with E-state index in [1.807, 2.05) is 0 Å². The number of hydrogen-bond donors (Lipinski definition) is 1. The molecule has 5 nitrogen and oxygen atoms in total. The molecule has 0 saturated heterocycles. The highest BCUT2D eigenvalue weighted by molar-refractivity contribution is 5.60. The molecule has 0 aliphatic heterocycles. The molecule has 0 fully saturated rings. The summed E-state index contributed by atoms with van der Waals surface area (Å²) >= 11 is 0. The summed E-state index contributed by atoms with van der Waals surface area (Å²) < 4.78 is 26.2. The average Bonchev–Trinajstić information content (AvgIpc) is 2.88. The minimum absolute atomic E-state index is 0.213. The fraction of sp³-hybridized carbons (Fsp3) is 0. The van der Waals surface area contributed by atoms with Gasteiger partial charge in [-0.2, -0.15) is 15.3 Å². The largest absolute Gasteiger partial charge is 0.259 e. The number of nitrogens with zero attached hydrogens (tertiary/aromatic N) is 4. The molecule has 7 heteroatoms. The smallest absolute Gasteiger partial charge is 0.181 e. The van der Waals surface area contributed by atoms with E-state index in [9.17, 15) is 8.78 Å². The van der Waals surface area contributed by atoms with Crippen molar-refractivity contribution >= 4 is 0 Å². The Balaban J connectivity index is 2.02. The SMILES string of the molecule is Fc1cc(F)cc(-c2n[nH]c(-c3ccnnc3)n2)c1. The Kier molecular flexibility index (Phi) is 2.71. The zero-order valence-corrected chi connectivity index (χ0v) is 9.51. The van der Waals surface area contributed by atoms with Gasteiger partial charge in [-0.05, 0) is 18.2 Å². The number of aromatic amines is 1. The molecule has 0 radical (unpaired) electrons. The maximum Gasteiger partial charge on any atom is 0.181 e. The third kappa shape index (κ3) is 2.30. The predicted molar refractivity (Wildman–Crippen MR) is 62.8 cm³/mol. The van der Waals surface area contributed by atoms with Gasteiger partial charge in [0.1, 0.15) is 11.6 Å². The van der Waals surface area contributed by atoms with Gasteiger partial charge in [-0.3, -0.25) is 5.10 Å². The van der Waals surface area contributed by atoms with Crippen LogP contribution >= 0.6 is 0 Å². The fourth-order valence-corrected chi connectivity index (χ4v) is 1.63. The van der Waals surface area contributed by atoms with Crippen LogP contribution in [0.15, 0.2) is 36.7 Å². The average molecular weight is 259 g/mol. The van der Waals surface area contributed by atoms with E-state index in [0.29, 0.717) is 11.4 Å². The van der Waals surface area contributed by atoms with Crippen molar-refractivity contribution in [3.63, 3.8) is 0 Å². The molecular weight excluding hydrogens is 252 g/mol. The number of hydrogen-bond acceptors (Lipinski definition) is 4. The van der Waals surface area contributed by atoms with Crippen LogP contribution in [0.3, 0.4) is 0 Å². The predicted octanol–water partition coefficient (Wildman–Crippen LogP) is 2.21. The van der Waals surface area contributed by atoms with E-state index in [4.69, 9.17) is 0 Å². The van der Waals surface area contributed by atoms with E-state index in [1.165, 1.54) is 24.5 Å². The zero-order valence-electron chi connectivity index (χ0n) is 9.51. The highest BCUT2D eigenvalue weighted by atomic mass is 19.1. The van der Waals surface area contributed by atoms with Gasteiger partial charge in [-0.1, -0.05) is 0 Å². The van der Waals surface area contributed by atoms with Crippen LogP contribution in [0.5, 0.6) is 0 Å². The Morgan fingerprint density at radius 3 is 2.42 bits per heavy atom. The molecule has 1 aromatic carbocycles. The van der Waals surface area contributed by atoms with Gasteiger partial charge in [0.25, 0.3) is 0 Å². The van der Waals surface area contributed by atoms with E-state index < -0.39 is 11.6 Å². The van der Waals surface area contributed by atoms with Crippen molar-refractivity contribution in [1.82, 2.24) is 25.4 Å². The Hall–Kier alpha value is -2.70. The van der Waals surface area contributed by atoms with Crippen LogP contribution in [0.2, 0.25) is 0 Å². The number of halogens is 2. The van der Waals surface area contributed by atoms with Crippen LogP contribution in [-0.2, 0) is 0 Å². The number of rotatable bonds is 2. The third-order valence-corrected chi connectivity index (χ3v) is 2.46. The van der Waals surface area contributed by atoms with Gasteiger partial charge in [0.15, 0.2) is 11.6 Å². The molecule has 0 bridgehead atoms. The van der Waals surface area contributed by atoms with Crippen LogP contribution in [-0.4, -0.2) is 25.4 Å². The van der Waals surface area contributed by atoms with E-state index in [1.54, 1.807) is 6.07 Å². The van der Waals surface area contributed by atoms with E-state index in [-0.39, 0.29) is 11.4 Å². The molecule has 2 aromatic heterocycles. The van der Waals surface area contributed by atoms with Gasteiger partial charge in [0.2, 0.25) is 0 Å². The van der Waals surface area contributed by atoms with Crippen LogP contribution < -0.4 is 0 Å². The molecule has 0 amide bonds. The van der Waals surface area contributed by atoms with E-state index in [2.05, 4.69) is 25.4 Å². The first kappa shape index (κ1) is 11.4. The van der Waals surface area contributed by atoms with Gasteiger partial charge < -0.3 is 0 Å². The molecule has 19 heavy (non-hydrogen) atoms. The third-order valence-electron chi connectivity index (χ3n) is 2.46. The molecule has 0 spiro atoms. The summed E-state index contributed by atoms with van der Waals surface area (Å²) in [5.74, 6) is -0.682. The first-order valence-corrected chi connectivity index (χ1v) is 5.38. The Bertz CT molecular complexity index is 691.